The molecule has 0 bridgehead atoms. The Morgan fingerprint density at radius 1 is 1.00 bits per heavy atom. The summed E-state index contributed by atoms with van der Waals surface area (Å²) in [7, 11) is 4.48. The number of halogens is 2. The minimum absolute atomic E-state index is 0.275. The maximum atomic E-state index is 12.2. The number of methoxy groups -OCH3 is 3. The molecule has 0 aliphatic rings. The fraction of sp³-hybridized carbons (Fsp3) is 0.238. The number of amides is 1. The second kappa shape index (κ2) is 10.8. The summed E-state index contributed by atoms with van der Waals surface area (Å²) in [6, 6.07) is 7.98. The number of nitrogens with one attached hydrogen (secondary N) is 1. The molecule has 0 radical (unpaired) electrons. The number of benzene rings is 2. The van der Waals surface area contributed by atoms with Gasteiger partial charge in [-0.05, 0) is 48.9 Å². The van der Waals surface area contributed by atoms with Gasteiger partial charge in [0.1, 0.15) is 0 Å². The van der Waals surface area contributed by atoms with Crippen LogP contribution in [0.2, 0.25) is 10.0 Å². The lowest BCUT2D eigenvalue weighted by atomic mass is 10.1. The van der Waals surface area contributed by atoms with Crippen LogP contribution in [0.25, 0.3) is 6.08 Å². The number of rotatable bonds is 8. The Kier molecular flexibility index (Phi) is 8.38. The third kappa shape index (κ3) is 6.05. The fourth-order valence-corrected chi connectivity index (χ4v) is 2.91. The second-order valence-corrected chi connectivity index (χ2v) is 6.83. The molecule has 2 aromatic rings. The topological polar surface area (TPSA) is 83.1 Å². The SMILES string of the molecule is COc1cc(C=CC(=O)OC(C)C(=O)Nc2ccc(Cl)cc2Cl)cc(OC)c1OC. The van der Waals surface area contributed by atoms with Gasteiger partial charge in [-0.3, -0.25) is 4.79 Å². The Balaban J connectivity index is 2.03. The van der Waals surface area contributed by atoms with Gasteiger partial charge < -0.3 is 24.3 Å². The molecule has 7 nitrogen and oxygen atoms in total. The average molecular weight is 454 g/mol. The molecule has 0 aromatic heterocycles. The van der Waals surface area contributed by atoms with Gasteiger partial charge in [-0.15, -0.1) is 0 Å². The van der Waals surface area contributed by atoms with Crippen LogP contribution in [-0.2, 0) is 14.3 Å². The zero-order valence-electron chi connectivity index (χ0n) is 16.8. The van der Waals surface area contributed by atoms with Gasteiger partial charge in [0.2, 0.25) is 5.75 Å². The molecule has 0 aliphatic heterocycles. The van der Waals surface area contributed by atoms with Gasteiger partial charge in [0, 0.05) is 11.1 Å². The van der Waals surface area contributed by atoms with Crippen molar-refractivity contribution >= 4 is 46.8 Å². The lowest BCUT2D eigenvalue weighted by molar-refractivity contribution is -0.148. The zero-order chi connectivity index (χ0) is 22.3. The highest BCUT2D eigenvalue weighted by Crippen LogP contribution is 2.38. The van der Waals surface area contributed by atoms with Gasteiger partial charge in [-0.2, -0.15) is 0 Å². The van der Waals surface area contributed by atoms with E-state index >= 15 is 0 Å². The molecule has 1 amide bonds. The van der Waals surface area contributed by atoms with E-state index in [4.69, 9.17) is 42.1 Å². The molecule has 0 saturated carbocycles. The van der Waals surface area contributed by atoms with E-state index in [9.17, 15) is 9.59 Å². The number of ether oxygens (including phenoxy) is 4. The fourth-order valence-electron chi connectivity index (χ4n) is 2.45. The molecule has 0 aliphatic carbocycles. The number of carbonyl (C=O) groups excluding carboxylic acids is 2. The summed E-state index contributed by atoms with van der Waals surface area (Å²) in [5.74, 6) is 0.0863. The summed E-state index contributed by atoms with van der Waals surface area (Å²) in [5, 5.41) is 3.30. The summed E-state index contributed by atoms with van der Waals surface area (Å²) in [6.45, 7) is 1.45. The van der Waals surface area contributed by atoms with Crippen LogP contribution in [-0.4, -0.2) is 39.3 Å². The summed E-state index contributed by atoms with van der Waals surface area (Å²) in [6.07, 6.45) is 1.65. The molecule has 1 atom stereocenters. The molecular formula is C21H21Cl2NO6. The van der Waals surface area contributed by atoms with E-state index in [2.05, 4.69) is 5.32 Å². The van der Waals surface area contributed by atoms with Gasteiger partial charge in [-0.1, -0.05) is 23.2 Å². The van der Waals surface area contributed by atoms with E-state index < -0.39 is 18.0 Å². The van der Waals surface area contributed by atoms with Crippen molar-refractivity contribution in [2.75, 3.05) is 26.6 Å². The highest BCUT2D eigenvalue weighted by atomic mass is 35.5. The predicted octanol–water partition coefficient (Wildman–Crippen LogP) is 4.60. The van der Waals surface area contributed by atoms with Crippen molar-refractivity contribution < 1.29 is 28.5 Å². The van der Waals surface area contributed by atoms with Crippen molar-refractivity contribution in [1.29, 1.82) is 0 Å². The van der Waals surface area contributed by atoms with Gasteiger partial charge in [0.05, 0.1) is 32.0 Å². The van der Waals surface area contributed by atoms with Crippen molar-refractivity contribution in [1.82, 2.24) is 0 Å². The average Bonchev–Trinajstić information content (AvgIpc) is 2.73. The van der Waals surface area contributed by atoms with Crippen molar-refractivity contribution in [2.45, 2.75) is 13.0 Å². The molecular weight excluding hydrogens is 433 g/mol. The predicted molar refractivity (Wildman–Crippen MR) is 116 cm³/mol. The van der Waals surface area contributed by atoms with Crippen molar-refractivity contribution in [3.05, 3.63) is 52.0 Å². The Morgan fingerprint density at radius 3 is 2.17 bits per heavy atom. The lowest BCUT2D eigenvalue weighted by Gasteiger charge is -2.14. The van der Waals surface area contributed by atoms with Gasteiger partial charge in [-0.25, -0.2) is 4.79 Å². The van der Waals surface area contributed by atoms with Crippen molar-refractivity contribution in [3.63, 3.8) is 0 Å². The van der Waals surface area contributed by atoms with Gasteiger partial charge in [0.15, 0.2) is 17.6 Å². The molecule has 30 heavy (non-hydrogen) atoms. The van der Waals surface area contributed by atoms with Crippen LogP contribution in [0.4, 0.5) is 5.69 Å². The van der Waals surface area contributed by atoms with Crippen LogP contribution in [0.3, 0.4) is 0 Å². The first-order valence-electron chi connectivity index (χ1n) is 8.73. The zero-order valence-corrected chi connectivity index (χ0v) is 18.3. The first kappa shape index (κ1) is 23.4. The first-order valence-corrected chi connectivity index (χ1v) is 9.49. The monoisotopic (exact) mass is 453 g/mol. The van der Waals surface area contributed by atoms with E-state index in [1.807, 2.05) is 0 Å². The molecule has 160 valence electrons. The normalized spacial score (nSPS) is 11.7. The van der Waals surface area contributed by atoms with E-state index in [1.54, 1.807) is 24.3 Å². The second-order valence-electron chi connectivity index (χ2n) is 5.98. The van der Waals surface area contributed by atoms with Crippen molar-refractivity contribution in [2.24, 2.45) is 0 Å². The lowest BCUT2D eigenvalue weighted by Crippen LogP contribution is -2.29. The molecule has 0 spiro atoms. The molecule has 1 N–H and O–H groups in total. The van der Waals surface area contributed by atoms with Crippen LogP contribution in [0.5, 0.6) is 17.2 Å². The van der Waals surface area contributed by atoms with Crippen LogP contribution < -0.4 is 19.5 Å². The van der Waals surface area contributed by atoms with E-state index in [1.165, 1.54) is 46.5 Å². The Labute approximate surface area is 184 Å². The van der Waals surface area contributed by atoms with Crippen LogP contribution in [0, 0.1) is 0 Å². The van der Waals surface area contributed by atoms with E-state index in [0.717, 1.165) is 0 Å². The van der Waals surface area contributed by atoms with E-state index in [-0.39, 0.29) is 5.02 Å². The van der Waals surface area contributed by atoms with Crippen LogP contribution in [0.15, 0.2) is 36.4 Å². The molecule has 2 aromatic carbocycles. The molecule has 9 heteroatoms. The maximum Gasteiger partial charge on any atom is 0.331 e. The van der Waals surface area contributed by atoms with Gasteiger partial charge in [0.25, 0.3) is 5.91 Å². The molecule has 1 unspecified atom stereocenters. The number of carbonyl (C=O) groups is 2. The third-order valence-electron chi connectivity index (χ3n) is 3.95. The molecule has 2 rings (SSSR count). The maximum absolute atomic E-state index is 12.2. The van der Waals surface area contributed by atoms with Crippen LogP contribution in [0.1, 0.15) is 12.5 Å². The summed E-state index contributed by atoms with van der Waals surface area (Å²) >= 11 is 11.9. The highest BCUT2D eigenvalue weighted by Gasteiger charge is 2.18. The quantitative estimate of drug-likeness (QED) is 0.464. The Morgan fingerprint density at radius 2 is 1.63 bits per heavy atom. The number of hydrogen-bond acceptors (Lipinski definition) is 6. The number of esters is 1. The smallest absolute Gasteiger partial charge is 0.331 e. The number of hydrogen-bond donors (Lipinski definition) is 1. The Bertz CT molecular complexity index is 936. The minimum Gasteiger partial charge on any atom is -0.493 e. The standard InChI is InChI=1S/C21H21Cl2NO6/c1-12(21(26)24-16-7-6-14(22)11-15(16)23)30-19(25)8-5-13-9-17(27-2)20(29-4)18(10-13)28-3/h5-12H,1-4H3,(H,24,26). The molecule has 0 saturated heterocycles. The Hall–Kier alpha value is -2.90. The molecule has 0 heterocycles. The molecule has 0 fully saturated rings. The summed E-state index contributed by atoms with van der Waals surface area (Å²) < 4.78 is 20.9. The third-order valence-corrected chi connectivity index (χ3v) is 4.50. The van der Waals surface area contributed by atoms with Crippen molar-refractivity contribution in [3.8, 4) is 17.2 Å². The summed E-state index contributed by atoms with van der Waals surface area (Å²) in [5.41, 5.74) is 0.980. The van der Waals surface area contributed by atoms with E-state index in [0.29, 0.717) is 33.5 Å². The highest BCUT2D eigenvalue weighted by molar-refractivity contribution is 6.36. The van der Waals surface area contributed by atoms with Crippen LogP contribution >= 0.6 is 23.2 Å². The first-order chi connectivity index (χ1) is 14.3. The number of anilines is 1. The summed E-state index contributed by atoms with van der Waals surface area (Å²) in [4.78, 5) is 24.4. The minimum atomic E-state index is -1.05. The van der Waals surface area contributed by atoms with Gasteiger partial charge >= 0.3 is 5.97 Å². The largest absolute Gasteiger partial charge is 0.493 e.